The Labute approximate surface area is 118 Å². The lowest BCUT2D eigenvalue weighted by Crippen LogP contribution is -2.33. The van der Waals surface area contributed by atoms with E-state index in [1.54, 1.807) is 19.1 Å². The van der Waals surface area contributed by atoms with Gasteiger partial charge in [0.15, 0.2) is 11.5 Å². The molecule has 0 radical (unpaired) electrons. The van der Waals surface area contributed by atoms with Crippen molar-refractivity contribution < 1.29 is 19.1 Å². The van der Waals surface area contributed by atoms with Crippen LogP contribution in [0.4, 0.5) is 0 Å². The van der Waals surface area contributed by atoms with Crippen molar-refractivity contribution >= 4 is 12.2 Å². The summed E-state index contributed by atoms with van der Waals surface area (Å²) in [4.78, 5) is 24.4. The van der Waals surface area contributed by atoms with Crippen molar-refractivity contribution in [3.8, 4) is 11.5 Å². The summed E-state index contributed by atoms with van der Waals surface area (Å²) in [7, 11) is 3.18. The van der Waals surface area contributed by atoms with Crippen molar-refractivity contribution in [3.05, 3.63) is 23.3 Å². The van der Waals surface area contributed by atoms with Gasteiger partial charge in [0, 0.05) is 19.5 Å². The Hall–Kier alpha value is -2.04. The molecule has 1 amide bonds. The van der Waals surface area contributed by atoms with Gasteiger partial charge in [-0.3, -0.25) is 4.79 Å². The molecule has 1 aliphatic rings. The van der Waals surface area contributed by atoms with Crippen LogP contribution in [0.5, 0.6) is 11.5 Å². The largest absolute Gasteiger partial charge is 0.493 e. The molecule has 1 heterocycles. The molecule has 0 unspecified atom stereocenters. The summed E-state index contributed by atoms with van der Waals surface area (Å²) in [5.74, 6) is 1.37. The average molecular weight is 277 g/mol. The molecule has 108 valence electrons. The van der Waals surface area contributed by atoms with Gasteiger partial charge < -0.3 is 19.2 Å². The first-order valence-electron chi connectivity index (χ1n) is 6.64. The number of carbonyl (C=O) groups excluding carboxylic acids is 2. The molecule has 0 saturated heterocycles. The van der Waals surface area contributed by atoms with Crippen LogP contribution in [0.3, 0.4) is 0 Å². The van der Waals surface area contributed by atoms with Crippen molar-refractivity contribution in [1.29, 1.82) is 0 Å². The van der Waals surface area contributed by atoms with E-state index in [9.17, 15) is 9.59 Å². The lowest BCUT2D eigenvalue weighted by molar-refractivity contribution is -0.130. The Bertz CT molecular complexity index is 513. The van der Waals surface area contributed by atoms with Crippen LogP contribution >= 0.6 is 0 Å². The fourth-order valence-corrected chi connectivity index (χ4v) is 2.46. The van der Waals surface area contributed by atoms with E-state index in [1.807, 2.05) is 12.1 Å². The predicted molar refractivity (Wildman–Crippen MR) is 74.2 cm³/mol. The van der Waals surface area contributed by atoms with Gasteiger partial charge in [0.05, 0.1) is 20.6 Å². The predicted octanol–water partition coefficient (Wildman–Crippen LogP) is 1.22. The summed E-state index contributed by atoms with van der Waals surface area (Å²) in [6.45, 7) is 1.12. The maximum absolute atomic E-state index is 12.2. The first kappa shape index (κ1) is 14.4. The number of hydrogen-bond acceptors (Lipinski definition) is 4. The van der Waals surface area contributed by atoms with Crippen molar-refractivity contribution in [2.24, 2.45) is 0 Å². The molecule has 2 rings (SSSR count). The van der Waals surface area contributed by atoms with Crippen molar-refractivity contribution in [3.63, 3.8) is 0 Å². The van der Waals surface area contributed by atoms with Crippen LogP contribution in [-0.4, -0.2) is 44.4 Å². The standard InChI is InChI=1S/C15H19NO4/c1-19-13-8-11-4-6-16(5-3-7-17)15(18)10-12(11)9-14(13)20-2/h7-9H,3-6,10H2,1-2H3. The molecule has 0 aliphatic carbocycles. The number of fused-ring (bicyclic) bond motifs is 1. The van der Waals surface area contributed by atoms with E-state index < -0.39 is 0 Å². The Morgan fingerprint density at radius 1 is 1.20 bits per heavy atom. The number of rotatable bonds is 5. The van der Waals surface area contributed by atoms with E-state index in [2.05, 4.69) is 0 Å². The molecule has 1 aromatic carbocycles. The first-order chi connectivity index (χ1) is 9.69. The van der Waals surface area contributed by atoms with Crippen molar-refractivity contribution in [1.82, 2.24) is 4.90 Å². The van der Waals surface area contributed by atoms with Gasteiger partial charge in [-0.05, 0) is 29.7 Å². The molecule has 0 spiro atoms. The molecular weight excluding hydrogens is 258 g/mol. The minimum absolute atomic E-state index is 0.0535. The summed E-state index contributed by atoms with van der Waals surface area (Å²) in [6, 6.07) is 3.81. The van der Waals surface area contributed by atoms with Gasteiger partial charge >= 0.3 is 0 Å². The van der Waals surface area contributed by atoms with Crippen LogP contribution < -0.4 is 9.47 Å². The second-order valence-corrected chi connectivity index (χ2v) is 4.74. The third-order valence-electron chi connectivity index (χ3n) is 3.57. The zero-order valence-corrected chi connectivity index (χ0v) is 11.8. The van der Waals surface area contributed by atoms with Crippen LogP contribution in [0, 0.1) is 0 Å². The van der Waals surface area contributed by atoms with E-state index >= 15 is 0 Å². The molecule has 0 bridgehead atoms. The normalized spacial score (nSPS) is 14.5. The molecule has 1 aromatic rings. The molecule has 5 heteroatoms. The van der Waals surface area contributed by atoms with E-state index in [0.717, 1.165) is 23.8 Å². The second-order valence-electron chi connectivity index (χ2n) is 4.74. The van der Waals surface area contributed by atoms with Gasteiger partial charge in [-0.15, -0.1) is 0 Å². The van der Waals surface area contributed by atoms with Crippen LogP contribution in [0.15, 0.2) is 12.1 Å². The third-order valence-corrected chi connectivity index (χ3v) is 3.57. The highest BCUT2D eigenvalue weighted by Crippen LogP contribution is 2.32. The second kappa shape index (κ2) is 6.41. The Morgan fingerprint density at radius 3 is 2.45 bits per heavy atom. The lowest BCUT2D eigenvalue weighted by atomic mass is 10.0. The van der Waals surface area contributed by atoms with Crippen molar-refractivity contribution in [2.45, 2.75) is 19.3 Å². The third kappa shape index (κ3) is 2.92. The summed E-state index contributed by atoms with van der Waals surface area (Å²) in [5.41, 5.74) is 2.07. The zero-order chi connectivity index (χ0) is 14.5. The molecular formula is C15H19NO4. The van der Waals surface area contributed by atoms with E-state index in [4.69, 9.17) is 9.47 Å². The Balaban J connectivity index is 2.26. The number of hydrogen-bond donors (Lipinski definition) is 0. The van der Waals surface area contributed by atoms with Crippen LogP contribution in [0.25, 0.3) is 0 Å². The highest BCUT2D eigenvalue weighted by Gasteiger charge is 2.22. The topological polar surface area (TPSA) is 55.8 Å². The first-order valence-corrected chi connectivity index (χ1v) is 6.64. The van der Waals surface area contributed by atoms with E-state index in [-0.39, 0.29) is 5.91 Å². The fourth-order valence-electron chi connectivity index (χ4n) is 2.46. The van der Waals surface area contributed by atoms with Gasteiger partial charge in [-0.1, -0.05) is 0 Å². The molecule has 1 aliphatic heterocycles. The molecule has 0 fully saturated rings. The number of ether oxygens (including phenoxy) is 2. The number of benzene rings is 1. The van der Waals surface area contributed by atoms with Gasteiger partial charge in [0.2, 0.25) is 5.91 Å². The summed E-state index contributed by atoms with van der Waals surface area (Å²) in [5, 5.41) is 0. The minimum atomic E-state index is 0.0535. The molecule has 0 atom stereocenters. The van der Waals surface area contributed by atoms with E-state index in [0.29, 0.717) is 37.4 Å². The van der Waals surface area contributed by atoms with E-state index in [1.165, 1.54) is 0 Å². The summed E-state index contributed by atoms with van der Waals surface area (Å²) >= 11 is 0. The van der Waals surface area contributed by atoms with Crippen LogP contribution in [0.2, 0.25) is 0 Å². The van der Waals surface area contributed by atoms with Gasteiger partial charge in [-0.2, -0.15) is 0 Å². The number of methoxy groups -OCH3 is 2. The number of nitrogens with zero attached hydrogens (tertiary/aromatic N) is 1. The summed E-state index contributed by atoms with van der Waals surface area (Å²) < 4.78 is 10.6. The van der Waals surface area contributed by atoms with Gasteiger partial charge in [0.1, 0.15) is 6.29 Å². The highest BCUT2D eigenvalue weighted by atomic mass is 16.5. The number of aldehydes is 1. The number of carbonyl (C=O) groups is 2. The Kier molecular flexibility index (Phi) is 4.61. The monoisotopic (exact) mass is 277 g/mol. The van der Waals surface area contributed by atoms with Crippen LogP contribution in [-0.2, 0) is 22.4 Å². The minimum Gasteiger partial charge on any atom is -0.493 e. The molecule has 0 aromatic heterocycles. The fraction of sp³-hybridized carbons (Fsp3) is 0.467. The quantitative estimate of drug-likeness (QED) is 0.759. The lowest BCUT2D eigenvalue weighted by Gasteiger charge is -2.18. The maximum atomic E-state index is 12.2. The van der Waals surface area contributed by atoms with Crippen LogP contribution in [0.1, 0.15) is 17.5 Å². The van der Waals surface area contributed by atoms with Gasteiger partial charge in [0.25, 0.3) is 0 Å². The van der Waals surface area contributed by atoms with Crippen molar-refractivity contribution in [2.75, 3.05) is 27.3 Å². The number of amides is 1. The maximum Gasteiger partial charge on any atom is 0.227 e. The highest BCUT2D eigenvalue weighted by molar-refractivity contribution is 5.80. The average Bonchev–Trinajstić information content (AvgIpc) is 2.61. The summed E-state index contributed by atoms with van der Waals surface area (Å²) in [6.07, 6.45) is 2.33. The molecule has 0 N–H and O–H groups in total. The smallest absolute Gasteiger partial charge is 0.227 e. The Morgan fingerprint density at radius 2 is 1.85 bits per heavy atom. The molecule has 20 heavy (non-hydrogen) atoms. The SMILES string of the molecule is COc1cc2c(cc1OC)CC(=O)N(CCC=O)CC2. The zero-order valence-electron chi connectivity index (χ0n) is 11.8. The molecule has 5 nitrogen and oxygen atoms in total. The molecule has 0 saturated carbocycles. The van der Waals surface area contributed by atoms with Gasteiger partial charge in [-0.25, -0.2) is 0 Å².